The van der Waals surface area contributed by atoms with Crippen molar-refractivity contribution in [1.82, 2.24) is 0 Å². The molecule has 0 unspecified atom stereocenters. The molecule has 0 atom stereocenters. The van der Waals surface area contributed by atoms with E-state index >= 15 is 0 Å². The molecule has 200 valence electrons. The Kier molecular flexibility index (Phi) is 10.2. The van der Waals surface area contributed by atoms with Crippen LogP contribution >= 0.6 is 0 Å². The number of aromatic nitrogens is 1. The molecule has 0 bridgehead atoms. The third-order valence-electron chi connectivity index (χ3n) is 6.80. The molecule has 2 aromatic heterocycles. The summed E-state index contributed by atoms with van der Waals surface area (Å²) in [6.07, 6.45) is 6.35. The van der Waals surface area contributed by atoms with Gasteiger partial charge in [-0.1, -0.05) is 11.6 Å². The van der Waals surface area contributed by atoms with Crippen molar-refractivity contribution >= 4 is 45.7 Å². The summed E-state index contributed by atoms with van der Waals surface area (Å²) in [5.74, 6) is -0.754. The van der Waals surface area contributed by atoms with Crippen molar-refractivity contribution in [2.75, 3.05) is 18.0 Å². The number of carboxylic acids is 1. The predicted molar refractivity (Wildman–Crippen MR) is 150 cm³/mol. The average Bonchev–Trinajstić information content (AvgIpc) is 2.88. The Balaban J connectivity index is 0.00000400. The van der Waals surface area contributed by atoms with Crippen LogP contribution in [-0.4, -0.2) is 24.2 Å². The summed E-state index contributed by atoms with van der Waals surface area (Å²) in [7, 11) is 0. The lowest BCUT2D eigenvalue weighted by molar-refractivity contribution is -0.673. The van der Waals surface area contributed by atoms with E-state index in [-0.39, 0.29) is 29.0 Å². The number of rotatable bonds is 11. The molecule has 0 saturated heterocycles. The number of aryl methyl sites for hydroxylation is 2. The number of nitrogens with zero attached hydrogens (tertiary/aromatic N) is 2. The Morgan fingerprint density at radius 1 is 0.947 bits per heavy atom. The summed E-state index contributed by atoms with van der Waals surface area (Å²) in [6.45, 7) is 8.83. The van der Waals surface area contributed by atoms with Crippen molar-refractivity contribution in [1.29, 1.82) is 0 Å². The van der Waals surface area contributed by atoms with Gasteiger partial charge in [0.15, 0.2) is 0 Å². The van der Waals surface area contributed by atoms with E-state index in [1.165, 1.54) is 5.56 Å². The minimum Gasteiger partial charge on any atom is -1.00 e. The molecular formula is C31H35BrN2O4. The largest absolute Gasteiger partial charge is 1.00 e. The molecule has 2 heterocycles. The van der Waals surface area contributed by atoms with Crippen molar-refractivity contribution in [3.05, 3.63) is 81.8 Å². The van der Waals surface area contributed by atoms with Gasteiger partial charge in [-0.3, -0.25) is 4.79 Å². The summed E-state index contributed by atoms with van der Waals surface area (Å²) in [4.78, 5) is 25.9. The standard InChI is InChI=1S/C31H34N2O4.BrH/c1-4-32(5-2)27-16-12-24-20-25(31(36)37-29(24)21-27)13-15-26-14-11-23-19-22(3)10-17-28(23)33(26)18-8-6-7-9-30(34)35;/h10-17,19-21H,4-9,18H2,1-3H3;1H. The number of carbonyl (C=O) groups is 1. The second-order valence-corrected chi connectivity index (χ2v) is 9.39. The first-order valence-corrected chi connectivity index (χ1v) is 13.1. The number of carboxylic acid groups (broad SMARTS) is 1. The smallest absolute Gasteiger partial charge is 0.343 e. The molecule has 0 radical (unpaired) electrons. The van der Waals surface area contributed by atoms with Crippen LogP contribution in [0, 0.1) is 6.92 Å². The fourth-order valence-corrected chi connectivity index (χ4v) is 4.77. The topological polar surface area (TPSA) is 74.6 Å². The maximum absolute atomic E-state index is 12.8. The number of fused-ring (bicyclic) bond motifs is 2. The van der Waals surface area contributed by atoms with Crippen LogP contribution in [0.4, 0.5) is 5.69 Å². The number of hydrogen-bond donors (Lipinski definition) is 1. The van der Waals surface area contributed by atoms with Gasteiger partial charge in [0.05, 0.1) is 5.56 Å². The lowest BCUT2D eigenvalue weighted by Crippen LogP contribution is -3.00. The molecule has 0 aliphatic heterocycles. The maximum Gasteiger partial charge on any atom is 0.343 e. The fourth-order valence-electron chi connectivity index (χ4n) is 4.77. The van der Waals surface area contributed by atoms with E-state index in [1.54, 1.807) is 0 Å². The van der Waals surface area contributed by atoms with E-state index in [2.05, 4.69) is 66.6 Å². The molecule has 4 rings (SSSR count). The SMILES string of the molecule is CCN(CC)c1ccc2cc(/C=C/c3ccc4cc(C)ccc4[n+]3CCCCCC(=O)O)c(=O)oc2c1.[Br-]. The first kappa shape index (κ1) is 29.1. The molecule has 6 nitrogen and oxygen atoms in total. The molecule has 0 saturated carbocycles. The molecular weight excluding hydrogens is 544 g/mol. The van der Waals surface area contributed by atoms with Crippen LogP contribution in [0.2, 0.25) is 0 Å². The number of pyridine rings is 1. The van der Waals surface area contributed by atoms with E-state index in [9.17, 15) is 9.59 Å². The molecule has 0 aliphatic carbocycles. The average molecular weight is 580 g/mol. The molecule has 0 amide bonds. The monoisotopic (exact) mass is 578 g/mol. The second-order valence-electron chi connectivity index (χ2n) is 9.39. The molecule has 0 fully saturated rings. The summed E-state index contributed by atoms with van der Waals surface area (Å²) in [6, 6.07) is 18.4. The lowest BCUT2D eigenvalue weighted by Gasteiger charge is -2.20. The molecule has 7 heteroatoms. The number of aliphatic carboxylic acids is 1. The maximum atomic E-state index is 12.8. The van der Waals surface area contributed by atoms with Gasteiger partial charge in [0.2, 0.25) is 11.2 Å². The van der Waals surface area contributed by atoms with Gasteiger partial charge >= 0.3 is 11.6 Å². The first-order valence-electron chi connectivity index (χ1n) is 13.1. The van der Waals surface area contributed by atoms with Crippen LogP contribution in [-0.2, 0) is 11.3 Å². The number of halogens is 1. The van der Waals surface area contributed by atoms with E-state index < -0.39 is 5.97 Å². The van der Waals surface area contributed by atoms with Gasteiger partial charge in [-0.2, -0.15) is 4.57 Å². The highest BCUT2D eigenvalue weighted by molar-refractivity contribution is 5.84. The molecule has 0 spiro atoms. The van der Waals surface area contributed by atoms with Gasteiger partial charge in [0, 0.05) is 66.7 Å². The fraction of sp³-hybridized carbons (Fsp3) is 0.323. The lowest BCUT2D eigenvalue weighted by atomic mass is 10.1. The Hall–Kier alpha value is -3.45. The molecule has 4 aromatic rings. The van der Waals surface area contributed by atoms with Crippen molar-refractivity contribution in [2.24, 2.45) is 0 Å². The Morgan fingerprint density at radius 3 is 2.45 bits per heavy atom. The molecule has 38 heavy (non-hydrogen) atoms. The molecule has 2 aromatic carbocycles. The van der Waals surface area contributed by atoms with E-state index in [1.807, 2.05) is 30.4 Å². The highest BCUT2D eigenvalue weighted by Gasteiger charge is 2.15. The number of anilines is 1. The van der Waals surface area contributed by atoms with E-state index in [0.29, 0.717) is 17.6 Å². The van der Waals surface area contributed by atoms with Crippen LogP contribution in [0.1, 0.15) is 56.4 Å². The van der Waals surface area contributed by atoms with Crippen LogP contribution in [0.15, 0.2) is 63.8 Å². The highest BCUT2D eigenvalue weighted by atomic mass is 79.9. The quantitative estimate of drug-likeness (QED) is 0.168. The van der Waals surface area contributed by atoms with E-state index in [0.717, 1.165) is 60.1 Å². The zero-order chi connectivity index (χ0) is 26.4. The minimum atomic E-state index is -0.754. The highest BCUT2D eigenvalue weighted by Crippen LogP contribution is 2.22. The summed E-state index contributed by atoms with van der Waals surface area (Å²) in [5, 5.41) is 11.0. The molecule has 1 N–H and O–H groups in total. The summed E-state index contributed by atoms with van der Waals surface area (Å²) < 4.78 is 7.94. The van der Waals surface area contributed by atoms with Gasteiger partial charge < -0.3 is 31.4 Å². The zero-order valence-electron chi connectivity index (χ0n) is 22.2. The zero-order valence-corrected chi connectivity index (χ0v) is 23.8. The van der Waals surface area contributed by atoms with Gasteiger partial charge in [-0.15, -0.1) is 0 Å². The minimum absolute atomic E-state index is 0. The summed E-state index contributed by atoms with van der Waals surface area (Å²) in [5.41, 5.74) is 5.05. The van der Waals surface area contributed by atoms with Gasteiger partial charge in [-0.25, -0.2) is 4.79 Å². The first-order chi connectivity index (χ1) is 17.9. The second kappa shape index (κ2) is 13.4. The van der Waals surface area contributed by atoms with Crippen molar-refractivity contribution < 1.29 is 35.9 Å². The normalized spacial score (nSPS) is 11.2. The Labute approximate surface area is 234 Å². The number of unbranched alkanes of at least 4 members (excludes halogenated alkanes) is 2. The van der Waals surface area contributed by atoms with Gasteiger partial charge in [0.1, 0.15) is 12.1 Å². The predicted octanol–water partition coefficient (Wildman–Crippen LogP) is 3.21. The van der Waals surface area contributed by atoms with Crippen LogP contribution in [0.3, 0.4) is 0 Å². The van der Waals surface area contributed by atoms with Crippen molar-refractivity contribution in [3.63, 3.8) is 0 Å². The summed E-state index contributed by atoms with van der Waals surface area (Å²) >= 11 is 0. The number of benzene rings is 2. The Morgan fingerprint density at radius 2 is 1.71 bits per heavy atom. The molecule has 0 aliphatic rings. The van der Waals surface area contributed by atoms with Crippen molar-refractivity contribution in [2.45, 2.75) is 53.0 Å². The van der Waals surface area contributed by atoms with Crippen LogP contribution in [0.25, 0.3) is 34.0 Å². The van der Waals surface area contributed by atoms with E-state index in [4.69, 9.17) is 9.52 Å². The van der Waals surface area contributed by atoms with Crippen molar-refractivity contribution in [3.8, 4) is 0 Å². The van der Waals surface area contributed by atoms with Gasteiger partial charge in [0.25, 0.3) is 0 Å². The van der Waals surface area contributed by atoms with Crippen LogP contribution < -0.4 is 32.1 Å². The third-order valence-corrected chi connectivity index (χ3v) is 6.80. The van der Waals surface area contributed by atoms with Crippen LogP contribution in [0.5, 0.6) is 0 Å². The third kappa shape index (κ3) is 6.90. The number of hydrogen-bond acceptors (Lipinski definition) is 4. The Bertz CT molecular complexity index is 1510. The van der Waals surface area contributed by atoms with Gasteiger partial charge in [-0.05, 0) is 70.0 Å².